The summed E-state index contributed by atoms with van der Waals surface area (Å²) in [5, 5.41) is 2.30. The zero-order valence-electron chi connectivity index (χ0n) is 12.4. The fraction of sp³-hybridized carbons (Fsp3) is 0.588. The number of carbonyl (C=O) groups is 1. The van der Waals surface area contributed by atoms with Gasteiger partial charge in [0.2, 0.25) is 15.2 Å². The van der Waals surface area contributed by atoms with E-state index in [0.29, 0.717) is 5.78 Å². The van der Waals surface area contributed by atoms with Crippen LogP contribution in [0.2, 0.25) is 10.6 Å². The average Bonchev–Trinajstić information content (AvgIpc) is 2.44. The maximum atomic E-state index is 11.8. The van der Waals surface area contributed by atoms with Crippen molar-refractivity contribution in [3.05, 3.63) is 35.9 Å². The van der Waals surface area contributed by atoms with E-state index in [1.165, 1.54) is 36.5 Å². The van der Waals surface area contributed by atoms with Crippen molar-refractivity contribution in [2.45, 2.75) is 62.4 Å². The molecule has 0 spiro atoms. The highest BCUT2D eigenvalue weighted by molar-refractivity contribution is 6.41. The summed E-state index contributed by atoms with van der Waals surface area (Å²) in [5.41, 5.74) is 1.35. The van der Waals surface area contributed by atoms with E-state index < -0.39 is 0 Å². The number of hydrogen-bond donors (Lipinski definition) is 0. The fourth-order valence-corrected chi connectivity index (χ4v) is 3.96. The molecule has 0 atom stereocenters. The smallest absolute Gasteiger partial charge is 0.247 e. The monoisotopic (exact) mass is 274 g/mol. The lowest BCUT2D eigenvalue weighted by molar-refractivity contribution is -0.117. The van der Waals surface area contributed by atoms with Crippen LogP contribution < -0.4 is 0 Å². The first-order chi connectivity index (χ1) is 9.33. The molecule has 0 N–H and O–H groups in total. The lowest BCUT2D eigenvalue weighted by Gasteiger charge is -2.01. The van der Waals surface area contributed by atoms with Crippen molar-refractivity contribution in [1.82, 2.24) is 0 Å². The molecule has 104 valence electrons. The van der Waals surface area contributed by atoms with E-state index in [2.05, 4.69) is 31.2 Å². The second kappa shape index (κ2) is 11.3. The Balaban J connectivity index is 1.96. The summed E-state index contributed by atoms with van der Waals surface area (Å²) in [6.07, 6.45) is 8.25. The summed E-state index contributed by atoms with van der Waals surface area (Å²) in [5.74, 6) is 0.512. The summed E-state index contributed by atoms with van der Waals surface area (Å²) >= 11 is -0.104. The van der Waals surface area contributed by atoms with Gasteiger partial charge in [-0.1, -0.05) is 68.2 Å². The molecule has 1 aromatic carbocycles. The second-order valence-corrected chi connectivity index (χ2v) is 7.31. The van der Waals surface area contributed by atoms with Crippen molar-refractivity contribution in [1.29, 1.82) is 0 Å². The van der Waals surface area contributed by atoms with Crippen LogP contribution in [0.3, 0.4) is 0 Å². The van der Waals surface area contributed by atoms with Crippen LogP contribution in [0.15, 0.2) is 30.3 Å². The minimum absolute atomic E-state index is 0.104. The number of unbranched alkanes of at least 4 members (excludes halogenated alkanes) is 3. The molecule has 0 unspecified atom stereocenters. The first kappa shape index (κ1) is 16.5. The number of aryl methyl sites for hydroxylation is 1. The molecular weight excluding hydrogens is 247 g/mol. The molecule has 0 aliphatic heterocycles. The van der Waals surface area contributed by atoms with Crippen LogP contribution in [0.5, 0.6) is 0 Å². The summed E-state index contributed by atoms with van der Waals surface area (Å²) < 4.78 is 0. The third-order valence-corrected chi connectivity index (χ3v) is 5.48. The van der Waals surface area contributed by atoms with Gasteiger partial charge in [-0.05, 0) is 23.7 Å². The Hall–Kier alpha value is -0.578. The minimum atomic E-state index is -0.104. The standard InChI is InChI=1S/C11H13O.C6H13.Al.H/c1-10(12)6-5-9-11-7-3-2-4-8-11;1-3-5-6-4-2;;/h2-4,7-8H,1,5-6,9H2;1,3-6H2,2H3;;. The van der Waals surface area contributed by atoms with Crippen LogP contribution in [0.25, 0.3) is 0 Å². The van der Waals surface area contributed by atoms with Crippen LogP contribution >= 0.6 is 0 Å². The highest BCUT2D eigenvalue weighted by Gasteiger charge is 2.04. The predicted molar refractivity (Wildman–Crippen MR) is 85.3 cm³/mol. The van der Waals surface area contributed by atoms with Crippen molar-refractivity contribution in [3.8, 4) is 0 Å². The van der Waals surface area contributed by atoms with Gasteiger partial charge in [-0.3, -0.25) is 0 Å². The third-order valence-electron chi connectivity index (χ3n) is 3.57. The molecule has 0 amide bonds. The van der Waals surface area contributed by atoms with E-state index in [1.807, 2.05) is 6.07 Å². The van der Waals surface area contributed by atoms with E-state index in [-0.39, 0.29) is 15.2 Å². The zero-order chi connectivity index (χ0) is 13.8. The van der Waals surface area contributed by atoms with Crippen LogP contribution in [0, 0.1) is 0 Å². The predicted octanol–water partition coefficient (Wildman–Crippen LogP) is 4.43. The fourth-order valence-electron chi connectivity index (χ4n) is 2.36. The molecule has 0 saturated carbocycles. The van der Waals surface area contributed by atoms with Gasteiger partial charge >= 0.3 is 0 Å². The molecule has 0 aliphatic rings. The summed E-state index contributed by atoms with van der Waals surface area (Å²) in [6.45, 7) is 2.24. The van der Waals surface area contributed by atoms with Crippen LogP contribution in [-0.2, 0) is 11.2 Å². The van der Waals surface area contributed by atoms with Gasteiger partial charge in [-0.25, -0.2) is 0 Å². The van der Waals surface area contributed by atoms with Crippen LogP contribution in [0.4, 0.5) is 0 Å². The van der Waals surface area contributed by atoms with Crippen molar-refractivity contribution >= 4 is 21.0 Å². The molecule has 0 fully saturated rings. The van der Waals surface area contributed by atoms with E-state index in [4.69, 9.17) is 0 Å². The molecule has 0 aliphatic carbocycles. The molecule has 1 nitrogen and oxygen atoms in total. The normalized spacial score (nSPS) is 10.4. The molecule has 0 saturated heterocycles. The second-order valence-electron chi connectivity index (χ2n) is 5.40. The van der Waals surface area contributed by atoms with Gasteiger partial charge in [0.25, 0.3) is 0 Å². The maximum Gasteiger partial charge on any atom is 0.247 e. The Morgan fingerprint density at radius 3 is 2.58 bits per heavy atom. The number of benzene rings is 1. The minimum Gasteiger partial charge on any atom is -0.301 e. The molecular formula is C17H27AlO. The number of carbonyl (C=O) groups excluding carboxylic acids is 1. The molecule has 1 rings (SSSR count). The van der Waals surface area contributed by atoms with E-state index in [0.717, 1.165) is 24.5 Å². The summed E-state index contributed by atoms with van der Waals surface area (Å²) in [7, 11) is 0. The van der Waals surface area contributed by atoms with Crippen molar-refractivity contribution in [3.63, 3.8) is 0 Å². The van der Waals surface area contributed by atoms with Gasteiger partial charge in [-0.2, -0.15) is 0 Å². The van der Waals surface area contributed by atoms with Gasteiger partial charge in [0.05, 0.1) is 0 Å². The van der Waals surface area contributed by atoms with Gasteiger partial charge in [0, 0.05) is 6.42 Å². The lowest BCUT2D eigenvalue weighted by atomic mass is 10.1. The van der Waals surface area contributed by atoms with Crippen molar-refractivity contribution < 1.29 is 4.79 Å². The molecule has 0 radical (unpaired) electrons. The molecule has 1 aromatic rings. The zero-order valence-corrected chi connectivity index (χ0v) is 13.8. The number of rotatable bonds is 11. The SMILES string of the molecule is CCCCC[CH2][AlH][CH2]C(=O)CCCc1ccccc1. The van der Waals surface area contributed by atoms with Gasteiger partial charge in [0.15, 0.2) is 0 Å². The number of hydrogen-bond acceptors (Lipinski definition) is 1. The van der Waals surface area contributed by atoms with Crippen molar-refractivity contribution in [2.24, 2.45) is 0 Å². The van der Waals surface area contributed by atoms with Gasteiger partial charge in [0.1, 0.15) is 5.78 Å². The maximum absolute atomic E-state index is 11.8. The largest absolute Gasteiger partial charge is 0.301 e. The van der Waals surface area contributed by atoms with Crippen LogP contribution in [0.1, 0.15) is 51.0 Å². The Morgan fingerprint density at radius 1 is 1.05 bits per heavy atom. The first-order valence-corrected chi connectivity index (χ1v) is 9.88. The lowest BCUT2D eigenvalue weighted by Crippen LogP contribution is -2.03. The Labute approximate surface area is 124 Å². The van der Waals surface area contributed by atoms with E-state index in [1.54, 1.807) is 0 Å². The summed E-state index contributed by atoms with van der Waals surface area (Å²) in [4.78, 5) is 11.8. The molecule has 19 heavy (non-hydrogen) atoms. The van der Waals surface area contributed by atoms with Crippen LogP contribution in [-0.4, -0.2) is 21.0 Å². The quantitative estimate of drug-likeness (QED) is 0.431. The molecule has 0 heterocycles. The molecule has 0 bridgehead atoms. The highest BCUT2D eigenvalue weighted by Crippen LogP contribution is 2.07. The Morgan fingerprint density at radius 2 is 1.84 bits per heavy atom. The average molecular weight is 274 g/mol. The summed E-state index contributed by atoms with van der Waals surface area (Å²) in [6, 6.07) is 10.5. The molecule has 2 heteroatoms. The number of Topliss-reactive ketones (excluding diaryl/α,β-unsaturated/α-hetero) is 1. The Bertz CT molecular complexity index is 334. The van der Waals surface area contributed by atoms with Crippen molar-refractivity contribution in [2.75, 3.05) is 0 Å². The third kappa shape index (κ3) is 9.03. The van der Waals surface area contributed by atoms with Gasteiger partial charge < -0.3 is 4.79 Å². The van der Waals surface area contributed by atoms with Gasteiger partial charge in [-0.15, -0.1) is 0 Å². The van der Waals surface area contributed by atoms with E-state index >= 15 is 0 Å². The van der Waals surface area contributed by atoms with E-state index in [9.17, 15) is 4.79 Å². The number of ketones is 1. The molecule has 0 aromatic heterocycles. The first-order valence-electron chi connectivity index (χ1n) is 7.88. The topological polar surface area (TPSA) is 17.1 Å². The Kier molecular flexibility index (Phi) is 9.77. The highest BCUT2D eigenvalue weighted by atomic mass is 27.1.